The van der Waals surface area contributed by atoms with Crippen LogP contribution in [0.15, 0.2) is 24.3 Å². The molecule has 0 aliphatic heterocycles. The van der Waals surface area contributed by atoms with E-state index in [1.807, 2.05) is 52.0 Å². The predicted molar refractivity (Wildman–Crippen MR) is 77.7 cm³/mol. The van der Waals surface area contributed by atoms with Crippen LogP contribution in [0.1, 0.15) is 25.1 Å². The lowest BCUT2D eigenvalue weighted by molar-refractivity contribution is 0.242. The lowest BCUT2D eigenvalue weighted by atomic mass is 10.2. The minimum Gasteiger partial charge on any atom is -0.491 e. The smallest absolute Gasteiger partial charge is 0.161 e. The van der Waals surface area contributed by atoms with Crippen molar-refractivity contribution in [1.29, 1.82) is 0 Å². The van der Waals surface area contributed by atoms with Crippen LogP contribution in [0.2, 0.25) is 5.15 Å². The highest BCUT2D eigenvalue weighted by atomic mass is 35.5. The lowest BCUT2D eigenvalue weighted by Gasteiger charge is -2.10. The number of hydrogen-bond acceptors (Lipinski definition) is 3. The molecule has 1 aromatic carbocycles. The van der Waals surface area contributed by atoms with Crippen molar-refractivity contribution in [3.8, 4) is 17.1 Å². The van der Waals surface area contributed by atoms with E-state index in [9.17, 15) is 0 Å². The third-order valence-corrected chi connectivity index (χ3v) is 3.18. The van der Waals surface area contributed by atoms with E-state index >= 15 is 0 Å². The van der Waals surface area contributed by atoms with Crippen LogP contribution in [0.5, 0.6) is 5.75 Å². The molecule has 1 heterocycles. The Morgan fingerprint density at radius 1 is 1.05 bits per heavy atom. The molecular weight excluding hydrogens is 260 g/mol. The fourth-order valence-corrected chi connectivity index (χ4v) is 1.89. The van der Waals surface area contributed by atoms with Gasteiger partial charge in [-0.05, 0) is 52.0 Å². The Morgan fingerprint density at radius 2 is 1.68 bits per heavy atom. The summed E-state index contributed by atoms with van der Waals surface area (Å²) in [7, 11) is 0. The molecule has 3 nitrogen and oxygen atoms in total. The largest absolute Gasteiger partial charge is 0.491 e. The molecule has 0 saturated carbocycles. The minimum atomic E-state index is 0.165. The Bertz CT molecular complexity index is 556. The molecule has 0 saturated heterocycles. The maximum atomic E-state index is 6.09. The van der Waals surface area contributed by atoms with E-state index in [1.54, 1.807) is 0 Å². The van der Waals surface area contributed by atoms with Crippen LogP contribution in [0.3, 0.4) is 0 Å². The van der Waals surface area contributed by atoms with Gasteiger partial charge in [0.15, 0.2) is 5.82 Å². The number of aromatic nitrogens is 2. The average molecular weight is 277 g/mol. The van der Waals surface area contributed by atoms with Crippen molar-refractivity contribution in [3.63, 3.8) is 0 Å². The molecule has 4 heteroatoms. The SMILES string of the molecule is Cc1nc(-c2ccc(OC(C)C)cc2)nc(Cl)c1C. The zero-order valence-electron chi connectivity index (χ0n) is 11.6. The summed E-state index contributed by atoms with van der Waals surface area (Å²) < 4.78 is 5.60. The molecule has 100 valence electrons. The van der Waals surface area contributed by atoms with E-state index in [0.717, 1.165) is 22.6 Å². The van der Waals surface area contributed by atoms with Crippen molar-refractivity contribution in [2.45, 2.75) is 33.8 Å². The Hall–Kier alpha value is -1.61. The van der Waals surface area contributed by atoms with Crippen LogP contribution < -0.4 is 4.74 Å². The summed E-state index contributed by atoms with van der Waals surface area (Å²) in [6.45, 7) is 7.85. The van der Waals surface area contributed by atoms with Crippen LogP contribution in [0.4, 0.5) is 0 Å². The highest BCUT2D eigenvalue weighted by Gasteiger charge is 2.08. The van der Waals surface area contributed by atoms with Gasteiger partial charge in [-0.3, -0.25) is 0 Å². The Labute approximate surface area is 118 Å². The van der Waals surface area contributed by atoms with Gasteiger partial charge in [0.2, 0.25) is 0 Å². The molecule has 0 atom stereocenters. The average Bonchev–Trinajstić information content (AvgIpc) is 2.35. The van der Waals surface area contributed by atoms with Gasteiger partial charge in [0.1, 0.15) is 10.9 Å². The molecule has 0 unspecified atom stereocenters. The molecule has 0 aliphatic carbocycles. The fourth-order valence-electron chi connectivity index (χ4n) is 1.68. The number of benzene rings is 1. The van der Waals surface area contributed by atoms with Gasteiger partial charge in [0.25, 0.3) is 0 Å². The minimum absolute atomic E-state index is 0.165. The molecule has 0 aliphatic rings. The zero-order valence-corrected chi connectivity index (χ0v) is 12.3. The number of nitrogens with zero attached hydrogens (tertiary/aromatic N) is 2. The number of rotatable bonds is 3. The topological polar surface area (TPSA) is 35.0 Å². The van der Waals surface area contributed by atoms with Crippen LogP contribution in [0.25, 0.3) is 11.4 Å². The molecule has 0 amide bonds. The van der Waals surface area contributed by atoms with Gasteiger partial charge in [0, 0.05) is 16.8 Å². The van der Waals surface area contributed by atoms with E-state index in [-0.39, 0.29) is 6.10 Å². The lowest BCUT2D eigenvalue weighted by Crippen LogP contribution is -2.05. The van der Waals surface area contributed by atoms with Gasteiger partial charge in [-0.1, -0.05) is 11.6 Å². The molecule has 1 aromatic heterocycles. The van der Waals surface area contributed by atoms with E-state index in [1.165, 1.54) is 0 Å². The van der Waals surface area contributed by atoms with Crippen molar-refractivity contribution in [2.24, 2.45) is 0 Å². The third kappa shape index (κ3) is 3.24. The second-order valence-corrected chi connectivity index (χ2v) is 5.10. The van der Waals surface area contributed by atoms with E-state index < -0.39 is 0 Å². The number of hydrogen-bond donors (Lipinski definition) is 0. The standard InChI is InChI=1S/C15H17ClN2O/c1-9(2)19-13-7-5-12(6-8-13)15-17-11(4)10(3)14(16)18-15/h5-9H,1-4H3. The Balaban J connectivity index is 2.32. The highest BCUT2D eigenvalue weighted by Crippen LogP contribution is 2.23. The molecule has 0 bridgehead atoms. The van der Waals surface area contributed by atoms with E-state index in [2.05, 4.69) is 9.97 Å². The molecule has 0 fully saturated rings. The van der Waals surface area contributed by atoms with Gasteiger partial charge in [0.05, 0.1) is 6.10 Å². The number of halogens is 1. The maximum absolute atomic E-state index is 6.09. The van der Waals surface area contributed by atoms with Gasteiger partial charge < -0.3 is 4.74 Å². The summed E-state index contributed by atoms with van der Waals surface area (Å²) in [6, 6.07) is 7.72. The molecule has 2 rings (SSSR count). The van der Waals surface area contributed by atoms with E-state index in [0.29, 0.717) is 11.0 Å². The quantitative estimate of drug-likeness (QED) is 0.788. The number of aryl methyl sites for hydroxylation is 1. The first kappa shape index (κ1) is 13.8. The zero-order chi connectivity index (χ0) is 14.0. The van der Waals surface area contributed by atoms with Crippen molar-refractivity contribution in [3.05, 3.63) is 40.7 Å². The summed E-state index contributed by atoms with van der Waals surface area (Å²) in [4.78, 5) is 8.77. The first-order valence-electron chi connectivity index (χ1n) is 6.25. The summed E-state index contributed by atoms with van der Waals surface area (Å²) in [5.41, 5.74) is 2.75. The monoisotopic (exact) mass is 276 g/mol. The van der Waals surface area contributed by atoms with Crippen molar-refractivity contribution in [1.82, 2.24) is 9.97 Å². The maximum Gasteiger partial charge on any atom is 0.161 e. The highest BCUT2D eigenvalue weighted by molar-refractivity contribution is 6.30. The van der Waals surface area contributed by atoms with Crippen molar-refractivity contribution < 1.29 is 4.74 Å². The van der Waals surface area contributed by atoms with Crippen LogP contribution in [0, 0.1) is 13.8 Å². The van der Waals surface area contributed by atoms with Crippen molar-refractivity contribution in [2.75, 3.05) is 0 Å². The summed E-state index contributed by atoms with van der Waals surface area (Å²) in [5.74, 6) is 1.48. The van der Waals surface area contributed by atoms with Crippen molar-refractivity contribution >= 4 is 11.6 Å². The van der Waals surface area contributed by atoms with Gasteiger partial charge in [-0.15, -0.1) is 0 Å². The molecule has 19 heavy (non-hydrogen) atoms. The third-order valence-electron chi connectivity index (χ3n) is 2.81. The summed E-state index contributed by atoms with van der Waals surface area (Å²) >= 11 is 6.09. The molecule has 0 radical (unpaired) electrons. The van der Waals surface area contributed by atoms with Crippen LogP contribution in [-0.2, 0) is 0 Å². The fraction of sp³-hybridized carbons (Fsp3) is 0.333. The van der Waals surface area contributed by atoms with Crippen LogP contribution in [-0.4, -0.2) is 16.1 Å². The molecule has 0 N–H and O–H groups in total. The van der Waals surface area contributed by atoms with Gasteiger partial charge in [-0.25, -0.2) is 9.97 Å². The van der Waals surface area contributed by atoms with E-state index in [4.69, 9.17) is 16.3 Å². The summed E-state index contributed by atoms with van der Waals surface area (Å²) in [6.07, 6.45) is 0.165. The Kier molecular flexibility index (Phi) is 4.05. The predicted octanol–water partition coefficient (Wildman–Crippen LogP) is 4.20. The second kappa shape index (κ2) is 5.57. The molecule has 2 aromatic rings. The van der Waals surface area contributed by atoms with Gasteiger partial charge >= 0.3 is 0 Å². The summed E-state index contributed by atoms with van der Waals surface area (Å²) in [5, 5.41) is 0.505. The van der Waals surface area contributed by atoms with Crippen LogP contribution >= 0.6 is 11.6 Å². The normalized spacial score (nSPS) is 10.8. The molecule has 0 spiro atoms. The first-order valence-corrected chi connectivity index (χ1v) is 6.63. The Morgan fingerprint density at radius 3 is 2.21 bits per heavy atom. The molecular formula is C15H17ClN2O. The second-order valence-electron chi connectivity index (χ2n) is 4.74. The number of ether oxygens (including phenoxy) is 1. The first-order chi connectivity index (χ1) is 8.97. The van der Waals surface area contributed by atoms with Gasteiger partial charge in [-0.2, -0.15) is 0 Å².